The Labute approximate surface area is 126 Å². The molecule has 0 aliphatic carbocycles. The molecule has 0 aliphatic heterocycles. The monoisotopic (exact) mass is 305 g/mol. The zero-order valence-electron chi connectivity index (χ0n) is 11.0. The van der Waals surface area contributed by atoms with Gasteiger partial charge in [-0.3, -0.25) is 5.43 Å². The third-order valence-electron chi connectivity index (χ3n) is 2.62. The average molecular weight is 305 g/mol. The number of nitrogens with zero attached hydrogens (tertiary/aromatic N) is 1. The van der Waals surface area contributed by atoms with Crippen LogP contribution in [0.5, 0.6) is 0 Å². The van der Waals surface area contributed by atoms with E-state index in [0.29, 0.717) is 11.7 Å². The predicted octanol–water partition coefficient (Wildman–Crippen LogP) is 2.96. The third-order valence-corrected chi connectivity index (χ3v) is 2.85. The summed E-state index contributed by atoms with van der Waals surface area (Å²) in [6.45, 7) is 0.470. The number of hydrazone groups is 1. The molecule has 2 rings (SSSR count). The van der Waals surface area contributed by atoms with Crippen molar-refractivity contribution < 1.29 is 8.78 Å². The lowest BCUT2D eigenvalue weighted by atomic mass is 10.2. The summed E-state index contributed by atoms with van der Waals surface area (Å²) in [6, 6.07) is 12.0. The van der Waals surface area contributed by atoms with Crippen molar-refractivity contribution in [2.75, 3.05) is 0 Å². The fourth-order valence-corrected chi connectivity index (χ4v) is 1.66. The van der Waals surface area contributed by atoms with Crippen LogP contribution in [-0.4, -0.2) is 11.3 Å². The smallest absolute Gasteiger partial charge is 0.187 e. The van der Waals surface area contributed by atoms with Crippen molar-refractivity contribution in [2.24, 2.45) is 5.10 Å². The van der Waals surface area contributed by atoms with Crippen LogP contribution in [0.1, 0.15) is 11.1 Å². The minimum absolute atomic E-state index is 0.275. The summed E-state index contributed by atoms with van der Waals surface area (Å²) in [6.07, 6.45) is 1.53. The first kappa shape index (κ1) is 15.1. The Morgan fingerprint density at radius 3 is 2.19 bits per heavy atom. The summed E-state index contributed by atoms with van der Waals surface area (Å²) in [5, 5.41) is 7.22. The molecule has 2 N–H and O–H groups in total. The highest BCUT2D eigenvalue weighted by molar-refractivity contribution is 7.80. The maximum Gasteiger partial charge on any atom is 0.187 e. The molecule has 0 atom stereocenters. The van der Waals surface area contributed by atoms with E-state index in [-0.39, 0.29) is 11.6 Å². The first-order valence-electron chi connectivity index (χ1n) is 6.20. The van der Waals surface area contributed by atoms with Gasteiger partial charge in [-0.1, -0.05) is 24.3 Å². The molecule has 0 saturated carbocycles. The van der Waals surface area contributed by atoms with Crippen molar-refractivity contribution in [3.05, 3.63) is 71.3 Å². The van der Waals surface area contributed by atoms with Gasteiger partial charge in [0, 0.05) is 6.54 Å². The number of thiocarbonyl (C=S) groups is 1. The number of halogens is 2. The molecule has 0 heterocycles. The highest BCUT2D eigenvalue weighted by Gasteiger charge is 1.96. The maximum absolute atomic E-state index is 12.7. The molecule has 0 fully saturated rings. The van der Waals surface area contributed by atoms with Gasteiger partial charge < -0.3 is 5.32 Å². The molecule has 0 radical (unpaired) electrons. The molecular formula is C15H13F2N3S. The van der Waals surface area contributed by atoms with Crippen molar-refractivity contribution in [3.8, 4) is 0 Å². The van der Waals surface area contributed by atoms with E-state index in [2.05, 4.69) is 15.8 Å². The van der Waals surface area contributed by atoms with Crippen LogP contribution in [0.15, 0.2) is 53.6 Å². The molecule has 6 heteroatoms. The Bertz CT molecular complexity index is 624. The zero-order valence-corrected chi connectivity index (χ0v) is 11.8. The summed E-state index contributed by atoms with van der Waals surface area (Å²) in [4.78, 5) is 0. The summed E-state index contributed by atoms with van der Waals surface area (Å²) < 4.78 is 25.4. The van der Waals surface area contributed by atoms with Crippen LogP contribution in [-0.2, 0) is 6.54 Å². The third kappa shape index (κ3) is 5.27. The molecule has 0 saturated heterocycles. The fraction of sp³-hybridized carbons (Fsp3) is 0.0667. The summed E-state index contributed by atoms with van der Waals surface area (Å²) in [5.41, 5.74) is 4.31. The number of hydrogen-bond acceptors (Lipinski definition) is 2. The molecule has 0 aromatic heterocycles. The van der Waals surface area contributed by atoms with Crippen LogP contribution >= 0.6 is 12.2 Å². The average Bonchev–Trinajstić information content (AvgIpc) is 2.49. The van der Waals surface area contributed by atoms with Crippen molar-refractivity contribution in [3.63, 3.8) is 0 Å². The lowest BCUT2D eigenvalue weighted by molar-refractivity contribution is 0.626. The Hall–Kier alpha value is -2.34. The van der Waals surface area contributed by atoms with E-state index < -0.39 is 0 Å². The highest BCUT2D eigenvalue weighted by atomic mass is 32.1. The van der Waals surface area contributed by atoms with Crippen molar-refractivity contribution >= 4 is 23.5 Å². The van der Waals surface area contributed by atoms with Crippen molar-refractivity contribution in [1.29, 1.82) is 0 Å². The van der Waals surface area contributed by atoms with E-state index in [1.807, 2.05) is 0 Å². The van der Waals surface area contributed by atoms with Crippen LogP contribution in [0.25, 0.3) is 0 Å². The van der Waals surface area contributed by atoms with Crippen molar-refractivity contribution in [2.45, 2.75) is 6.54 Å². The lowest BCUT2D eigenvalue weighted by Crippen LogP contribution is -2.31. The summed E-state index contributed by atoms with van der Waals surface area (Å²) in [7, 11) is 0. The topological polar surface area (TPSA) is 36.4 Å². The van der Waals surface area contributed by atoms with Crippen LogP contribution in [0.2, 0.25) is 0 Å². The van der Waals surface area contributed by atoms with E-state index in [4.69, 9.17) is 12.2 Å². The van der Waals surface area contributed by atoms with Gasteiger partial charge in [0.05, 0.1) is 6.21 Å². The minimum atomic E-state index is -0.295. The maximum atomic E-state index is 12.7. The van der Waals surface area contributed by atoms with E-state index in [9.17, 15) is 8.78 Å². The Balaban J connectivity index is 1.77. The number of benzene rings is 2. The number of nitrogens with one attached hydrogen (secondary N) is 2. The molecule has 0 aliphatic rings. The fourth-order valence-electron chi connectivity index (χ4n) is 1.54. The first-order valence-corrected chi connectivity index (χ1v) is 6.61. The van der Waals surface area contributed by atoms with Crippen LogP contribution < -0.4 is 10.7 Å². The molecular weight excluding hydrogens is 292 g/mol. The molecule has 3 nitrogen and oxygen atoms in total. The second kappa shape index (κ2) is 7.44. The Morgan fingerprint density at radius 1 is 1.00 bits per heavy atom. The van der Waals surface area contributed by atoms with Crippen LogP contribution in [0, 0.1) is 11.6 Å². The largest absolute Gasteiger partial charge is 0.357 e. The minimum Gasteiger partial charge on any atom is -0.357 e. The zero-order chi connectivity index (χ0) is 15.1. The lowest BCUT2D eigenvalue weighted by Gasteiger charge is -2.06. The number of hydrogen-bond donors (Lipinski definition) is 2. The summed E-state index contributed by atoms with van der Waals surface area (Å²) in [5.74, 6) is -0.569. The number of rotatable bonds is 4. The molecule has 0 unspecified atom stereocenters. The normalized spacial score (nSPS) is 10.6. The van der Waals surface area contributed by atoms with E-state index in [1.165, 1.54) is 30.5 Å². The van der Waals surface area contributed by atoms with Gasteiger partial charge in [-0.2, -0.15) is 5.10 Å². The molecule has 108 valence electrons. The Kier molecular flexibility index (Phi) is 5.34. The molecule has 2 aromatic carbocycles. The molecule has 21 heavy (non-hydrogen) atoms. The van der Waals surface area contributed by atoms with Gasteiger partial charge in [0.1, 0.15) is 11.6 Å². The van der Waals surface area contributed by atoms with E-state index in [0.717, 1.165) is 11.1 Å². The molecule has 0 amide bonds. The molecule has 0 spiro atoms. The standard InChI is InChI=1S/C15H13F2N3S/c16-13-5-1-11(2-6-13)9-18-15(21)20-19-10-12-3-7-14(17)8-4-12/h1-8,10H,9H2,(H2,18,20,21)/b19-10-. The van der Waals surface area contributed by atoms with Gasteiger partial charge in [0.2, 0.25) is 0 Å². The molecule has 0 bridgehead atoms. The van der Waals surface area contributed by atoms with Gasteiger partial charge >= 0.3 is 0 Å². The SMILES string of the molecule is Fc1ccc(/C=N\NC(=S)NCc2ccc(F)cc2)cc1. The predicted molar refractivity (Wildman–Crippen MR) is 83.0 cm³/mol. The molecule has 2 aromatic rings. The van der Waals surface area contributed by atoms with Crippen molar-refractivity contribution in [1.82, 2.24) is 10.7 Å². The second-order valence-electron chi connectivity index (χ2n) is 4.23. The van der Waals surface area contributed by atoms with Crippen LogP contribution in [0.3, 0.4) is 0 Å². The Morgan fingerprint density at radius 2 is 1.57 bits per heavy atom. The summed E-state index contributed by atoms with van der Waals surface area (Å²) >= 11 is 5.05. The van der Waals surface area contributed by atoms with Crippen LogP contribution in [0.4, 0.5) is 8.78 Å². The quantitative estimate of drug-likeness (QED) is 0.518. The second-order valence-corrected chi connectivity index (χ2v) is 4.64. The van der Waals surface area contributed by atoms with Gasteiger partial charge in [0.15, 0.2) is 5.11 Å². The van der Waals surface area contributed by atoms with Gasteiger partial charge in [-0.05, 0) is 47.6 Å². The van der Waals surface area contributed by atoms with E-state index >= 15 is 0 Å². The highest BCUT2D eigenvalue weighted by Crippen LogP contribution is 2.02. The first-order chi connectivity index (χ1) is 10.1. The van der Waals surface area contributed by atoms with Gasteiger partial charge in [-0.25, -0.2) is 8.78 Å². The van der Waals surface area contributed by atoms with Gasteiger partial charge in [0.25, 0.3) is 0 Å². The van der Waals surface area contributed by atoms with E-state index in [1.54, 1.807) is 24.3 Å². The van der Waals surface area contributed by atoms with Gasteiger partial charge in [-0.15, -0.1) is 0 Å².